The summed E-state index contributed by atoms with van der Waals surface area (Å²) < 4.78 is 11.9. The highest BCUT2D eigenvalue weighted by atomic mass is 32.2. The highest BCUT2D eigenvalue weighted by Gasteiger charge is 2.50. The molecular formula is C14H21BO2S. The predicted molar refractivity (Wildman–Crippen MR) is 78.1 cm³/mol. The van der Waals surface area contributed by atoms with Gasteiger partial charge in [-0.1, -0.05) is 18.2 Å². The number of hydrogen-bond acceptors (Lipinski definition) is 3. The van der Waals surface area contributed by atoms with Crippen LogP contribution in [0.15, 0.2) is 35.2 Å². The van der Waals surface area contributed by atoms with Crippen LogP contribution in [-0.2, 0) is 9.31 Å². The molecule has 0 radical (unpaired) electrons. The molecule has 0 N–H and O–H groups in total. The highest BCUT2D eigenvalue weighted by molar-refractivity contribution is 7.99. The van der Waals surface area contributed by atoms with Gasteiger partial charge >= 0.3 is 7.12 Å². The van der Waals surface area contributed by atoms with E-state index in [0.29, 0.717) is 0 Å². The zero-order valence-electron chi connectivity index (χ0n) is 11.6. The largest absolute Gasteiger partial charge is 0.458 e. The van der Waals surface area contributed by atoms with Crippen molar-refractivity contribution >= 4 is 18.9 Å². The summed E-state index contributed by atoms with van der Waals surface area (Å²) in [6, 6.07) is 10.4. The minimum Gasteiger partial charge on any atom is -0.403 e. The van der Waals surface area contributed by atoms with E-state index in [2.05, 4.69) is 52.0 Å². The van der Waals surface area contributed by atoms with E-state index in [9.17, 15) is 0 Å². The van der Waals surface area contributed by atoms with Gasteiger partial charge in [-0.15, -0.1) is 11.8 Å². The summed E-state index contributed by atoms with van der Waals surface area (Å²) in [5.41, 5.74) is -0.426. The van der Waals surface area contributed by atoms with Crippen molar-refractivity contribution in [3.05, 3.63) is 30.3 Å². The lowest BCUT2D eigenvalue weighted by molar-refractivity contribution is 0.00578. The lowest BCUT2D eigenvalue weighted by atomic mass is 9.86. The van der Waals surface area contributed by atoms with E-state index in [0.717, 1.165) is 12.1 Å². The molecule has 1 fully saturated rings. The normalized spacial score (nSPS) is 21.2. The lowest BCUT2D eigenvalue weighted by Crippen LogP contribution is -2.41. The minimum atomic E-state index is -0.213. The first-order chi connectivity index (χ1) is 8.41. The van der Waals surface area contributed by atoms with Crippen molar-refractivity contribution in [2.24, 2.45) is 0 Å². The van der Waals surface area contributed by atoms with Gasteiger partial charge in [0.05, 0.1) is 11.2 Å². The molecule has 2 rings (SSSR count). The summed E-state index contributed by atoms with van der Waals surface area (Å²) in [6.45, 7) is 8.38. The predicted octanol–water partition coefficient (Wildman–Crippen LogP) is 3.87. The second-order valence-corrected chi connectivity index (χ2v) is 6.80. The van der Waals surface area contributed by atoms with Crippen LogP contribution >= 0.6 is 11.8 Å². The molecule has 0 amide bonds. The third-order valence-electron chi connectivity index (χ3n) is 3.67. The fraction of sp³-hybridized carbons (Fsp3) is 0.571. The van der Waals surface area contributed by atoms with Crippen LogP contribution in [0.1, 0.15) is 27.7 Å². The van der Waals surface area contributed by atoms with Gasteiger partial charge in [-0.25, -0.2) is 0 Å². The van der Waals surface area contributed by atoms with Crippen LogP contribution in [0.25, 0.3) is 0 Å². The molecule has 1 aliphatic heterocycles. The van der Waals surface area contributed by atoms with Crippen molar-refractivity contribution in [2.75, 3.05) is 5.75 Å². The van der Waals surface area contributed by atoms with Crippen LogP contribution in [0.4, 0.5) is 0 Å². The Balaban J connectivity index is 1.79. The van der Waals surface area contributed by atoms with E-state index in [1.807, 2.05) is 17.8 Å². The molecule has 2 nitrogen and oxygen atoms in total. The maximum absolute atomic E-state index is 5.97. The Morgan fingerprint density at radius 1 is 1.00 bits per heavy atom. The molecule has 1 aromatic rings. The molecule has 98 valence electrons. The number of thioether (sulfide) groups is 1. The van der Waals surface area contributed by atoms with Crippen LogP contribution in [0, 0.1) is 0 Å². The first kappa shape index (κ1) is 14.0. The summed E-state index contributed by atoms with van der Waals surface area (Å²) in [4.78, 5) is 1.30. The topological polar surface area (TPSA) is 18.5 Å². The Morgan fingerprint density at radius 3 is 2.11 bits per heavy atom. The van der Waals surface area contributed by atoms with Crippen LogP contribution in [-0.4, -0.2) is 24.1 Å². The summed E-state index contributed by atoms with van der Waals surface area (Å²) in [5, 5.41) is 0. The first-order valence-electron chi connectivity index (χ1n) is 6.44. The van der Waals surface area contributed by atoms with Crippen LogP contribution in [0.5, 0.6) is 0 Å². The van der Waals surface area contributed by atoms with Crippen LogP contribution < -0.4 is 0 Å². The Bertz CT molecular complexity index is 376. The SMILES string of the molecule is CC1(C)OB(CCSc2ccccc2)OC1(C)C. The minimum absolute atomic E-state index is 0.0776. The molecule has 4 heteroatoms. The molecule has 1 heterocycles. The zero-order valence-corrected chi connectivity index (χ0v) is 12.4. The summed E-state index contributed by atoms with van der Waals surface area (Å²) in [7, 11) is -0.0776. The van der Waals surface area contributed by atoms with E-state index in [-0.39, 0.29) is 18.3 Å². The van der Waals surface area contributed by atoms with Gasteiger partial charge in [-0.3, -0.25) is 0 Å². The maximum Gasteiger partial charge on any atom is 0.458 e. The molecule has 18 heavy (non-hydrogen) atoms. The van der Waals surface area contributed by atoms with Crippen LogP contribution in [0.2, 0.25) is 6.32 Å². The Labute approximate surface area is 115 Å². The van der Waals surface area contributed by atoms with Gasteiger partial charge in [0.1, 0.15) is 0 Å². The van der Waals surface area contributed by atoms with E-state index in [1.54, 1.807) is 0 Å². The fourth-order valence-corrected chi connectivity index (χ4v) is 2.77. The smallest absolute Gasteiger partial charge is 0.403 e. The van der Waals surface area contributed by atoms with Gasteiger partial charge in [0.25, 0.3) is 0 Å². The van der Waals surface area contributed by atoms with Crippen LogP contribution in [0.3, 0.4) is 0 Å². The van der Waals surface area contributed by atoms with E-state index < -0.39 is 0 Å². The highest BCUT2D eigenvalue weighted by Crippen LogP contribution is 2.38. The fourth-order valence-electron chi connectivity index (χ4n) is 1.87. The van der Waals surface area contributed by atoms with Crippen molar-refractivity contribution < 1.29 is 9.31 Å². The lowest BCUT2D eigenvalue weighted by Gasteiger charge is -2.32. The second kappa shape index (κ2) is 5.28. The number of benzene rings is 1. The third-order valence-corrected chi connectivity index (χ3v) is 4.71. The Kier molecular flexibility index (Phi) is 4.10. The van der Waals surface area contributed by atoms with E-state index in [4.69, 9.17) is 9.31 Å². The Morgan fingerprint density at radius 2 is 1.56 bits per heavy atom. The van der Waals surface area contributed by atoms with Gasteiger partial charge in [0.2, 0.25) is 0 Å². The molecule has 0 unspecified atom stereocenters. The van der Waals surface area contributed by atoms with Crippen molar-refractivity contribution in [1.82, 2.24) is 0 Å². The van der Waals surface area contributed by atoms with Gasteiger partial charge in [-0.05, 0) is 51.9 Å². The molecule has 0 aromatic heterocycles. The first-order valence-corrected chi connectivity index (χ1v) is 7.43. The van der Waals surface area contributed by atoms with Crippen molar-refractivity contribution in [3.63, 3.8) is 0 Å². The average molecular weight is 264 g/mol. The number of hydrogen-bond donors (Lipinski definition) is 0. The van der Waals surface area contributed by atoms with Crippen molar-refractivity contribution in [1.29, 1.82) is 0 Å². The third kappa shape index (κ3) is 3.11. The molecule has 1 saturated heterocycles. The summed E-state index contributed by atoms with van der Waals surface area (Å²) >= 11 is 1.85. The van der Waals surface area contributed by atoms with Crippen molar-refractivity contribution in [3.8, 4) is 0 Å². The average Bonchev–Trinajstić information content (AvgIpc) is 2.49. The van der Waals surface area contributed by atoms with Gasteiger partial charge < -0.3 is 9.31 Å². The quantitative estimate of drug-likeness (QED) is 0.607. The van der Waals surface area contributed by atoms with Gasteiger partial charge in [0, 0.05) is 4.90 Å². The Hall–Kier alpha value is -0.445. The molecule has 0 saturated carbocycles. The molecule has 0 atom stereocenters. The monoisotopic (exact) mass is 264 g/mol. The molecule has 0 spiro atoms. The molecule has 1 aliphatic rings. The van der Waals surface area contributed by atoms with Gasteiger partial charge in [-0.2, -0.15) is 0 Å². The van der Waals surface area contributed by atoms with E-state index in [1.165, 1.54) is 4.90 Å². The zero-order chi connectivity index (χ0) is 13.2. The maximum atomic E-state index is 5.97. The summed E-state index contributed by atoms with van der Waals surface area (Å²) in [5.74, 6) is 1.01. The standard InChI is InChI=1S/C14H21BO2S/c1-13(2)14(3,4)17-15(16-13)10-11-18-12-8-6-5-7-9-12/h5-9H,10-11H2,1-4H3. The summed E-state index contributed by atoms with van der Waals surface area (Å²) in [6.07, 6.45) is 0.923. The molecule has 1 aromatic carbocycles. The van der Waals surface area contributed by atoms with Gasteiger partial charge in [0.15, 0.2) is 0 Å². The van der Waals surface area contributed by atoms with Crippen molar-refractivity contribution in [2.45, 2.75) is 50.1 Å². The molecule has 0 aliphatic carbocycles. The number of rotatable bonds is 4. The molecule has 0 bridgehead atoms. The molecular weight excluding hydrogens is 243 g/mol. The second-order valence-electron chi connectivity index (χ2n) is 5.64. The van der Waals surface area contributed by atoms with E-state index >= 15 is 0 Å².